The molecule has 0 radical (unpaired) electrons. The zero-order valence-corrected chi connectivity index (χ0v) is 15.9. The van der Waals surface area contributed by atoms with Crippen molar-refractivity contribution in [3.63, 3.8) is 0 Å². The molecule has 0 amide bonds. The summed E-state index contributed by atoms with van der Waals surface area (Å²) < 4.78 is 49.1. The van der Waals surface area contributed by atoms with Gasteiger partial charge in [-0.2, -0.15) is 13.2 Å². The topological polar surface area (TPSA) is 48.4 Å². The summed E-state index contributed by atoms with van der Waals surface area (Å²) >= 11 is 6.47. The molecule has 0 spiro atoms. The monoisotopic (exact) mass is 409 g/mol. The molecule has 1 aromatic heterocycles. The number of nitrogens with zero attached hydrogens (tertiary/aromatic N) is 1. The summed E-state index contributed by atoms with van der Waals surface area (Å²) in [5, 5.41) is 0.536. The Morgan fingerprint density at radius 3 is 2.29 bits per heavy atom. The van der Waals surface area contributed by atoms with Gasteiger partial charge in [0.1, 0.15) is 17.2 Å². The molecule has 0 aliphatic rings. The second kappa shape index (κ2) is 7.31. The minimum atomic E-state index is -4.43. The first kappa shape index (κ1) is 19.9. The van der Waals surface area contributed by atoms with Crippen molar-refractivity contribution in [3.8, 4) is 17.2 Å². The minimum Gasteiger partial charge on any atom is -0.456 e. The number of ether oxygens (including phenoxy) is 2. The van der Waals surface area contributed by atoms with Crippen LogP contribution in [0.25, 0.3) is 10.9 Å². The van der Waals surface area contributed by atoms with Crippen molar-refractivity contribution in [3.05, 3.63) is 58.2 Å². The minimum absolute atomic E-state index is 0.143. The molecule has 1 heterocycles. The highest BCUT2D eigenvalue weighted by Gasteiger charge is 2.30. The largest absolute Gasteiger partial charge is 0.456 e. The number of carbonyl (C=O) groups excluding carboxylic acids is 1. The molecule has 0 unspecified atom stereocenters. The lowest BCUT2D eigenvalue weighted by Crippen LogP contribution is -2.06. The predicted octanol–water partition coefficient (Wildman–Crippen LogP) is 6.24. The van der Waals surface area contributed by atoms with Crippen molar-refractivity contribution in [2.45, 2.75) is 26.9 Å². The van der Waals surface area contributed by atoms with Crippen LogP contribution >= 0.6 is 11.6 Å². The first-order chi connectivity index (χ1) is 13.1. The number of benzene rings is 2. The van der Waals surface area contributed by atoms with Gasteiger partial charge in [0.25, 0.3) is 0 Å². The Hall–Kier alpha value is -2.80. The molecule has 8 heteroatoms. The molecule has 0 bridgehead atoms. The van der Waals surface area contributed by atoms with Crippen molar-refractivity contribution in [1.29, 1.82) is 0 Å². The van der Waals surface area contributed by atoms with Crippen LogP contribution in [0.15, 0.2) is 36.4 Å². The Kier molecular flexibility index (Phi) is 5.21. The average Bonchev–Trinajstić information content (AvgIpc) is 2.60. The van der Waals surface area contributed by atoms with Gasteiger partial charge in [0.15, 0.2) is 0 Å². The highest BCUT2D eigenvalue weighted by molar-refractivity contribution is 6.37. The number of halogens is 4. The number of alkyl halides is 3. The fraction of sp³-hybridized carbons (Fsp3) is 0.200. The van der Waals surface area contributed by atoms with E-state index in [0.717, 1.165) is 12.1 Å². The van der Waals surface area contributed by atoms with E-state index in [0.29, 0.717) is 22.2 Å². The zero-order chi connectivity index (χ0) is 20.6. The number of fused-ring (bicyclic) bond motifs is 1. The first-order valence-corrected chi connectivity index (χ1v) is 8.58. The van der Waals surface area contributed by atoms with Crippen LogP contribution in [-0.2, 0) is 11.0 Å². The number of hydrogen-bond donors (Lipinski definition) is 0. The van der Waals surface area contributed by atoms with Gasteiger partial charge in [-0.05, 0) is 50.2 Å². The molecule has 28 heavy (non-hydrogen) atoms. The number of rotatable bonds is 3. The van der Waals surface area contributed by atoms with Crippen molar-refractivity contribution < 1.29 is 27.4 Å². The molecule has 2 aromatic carbocycles. The Morgan fingerprint density at radius 2 is 1.71 bits per heavy atom. The molecule has 0 N–H and O–H groups in total. The lowest BCUT2D eigenvalue weighted by molar-refractivity contribution is -0.137. The molecule has 0 saturated carbocycles. The SMILES string of the molecule is CC(=O)Oc1c(C)c(C)nc2ccc(Oc3ccc(C(F)(F)F)cc3)c(Cl)c12. The van der Waals surface area contributed by atoms with Gasteiger partial charge in [-0.15, -0.1) is 0 Å². The summed E-state index contributed by atoms with van der Waals surface area (Å²) in [4.78, 5) is 15.9. The second-order valence-electron chi connectivity index (χ2n) is 6.14. The smallest absolute Gasteiger partial charge is 0.416 e. The van der Waals surface area contributed by atoms with E-state index in [-0.39, 0.29) is 22.3 Å². The highest BCUT2D eigenvalue weighted by Crippen LogP contribution is 2.42. The van der Waals surface area contributed by atoms with Crippen LogP contribution in [0.2, 0.25) is 5.02 Å². The summed E-state index contributed by atoms with van der Waals surface area (Å²) in [6.45, 7) is 4.81. The number of pyridine rings is 1. The molecular formula is C20H15ClF3NO3. The van der Waals surface area contributed by atoms with Gasteiger partial charge in [-0.3, -0.25) is 9.78 Å². The quantitative estimate of drug-likeness (QED) is 0.480. The van der Waals surface area contributed by atoms with Crippen LogP contribution in [0, 0.1) is 13.8 Å². The highest BCUT2D eigenvalue weighted by atomic mass is 35.5. The van der Waals surface area contributed by atoms with Gasteiger partial charge in [-0.25, -0.2) is 0 Å². The van der Waals surface area contributed by atoms with Crippen molar-refractivity contribution in [1.82, 2.24) is 4.98 Å². The Bertz CT molecular complexity index is 1060. The van der Waals surface area contributed by atoms with Crippen molar-refractivity contribution >= 4 is 28.5 Å². The van der Waals surface area contributed by atoms with Gasteiger partial charge in [0.2, 0.25) is 0 Å². The molecule has 0 aliphatic carbocycles. The molecule has 4 nitrogen and oxygen atoms in total. The van der Waals surface area contributed by atoms with Crippen molar-refractivity contribution in [2.24, 2.45) is 0 Å². The standard InChI is InChI=1S/C20H15ClF3NO3/c1-10-11(2)25-15-8-9-16(18(21)17(15)19(10)27-12(3)26)28-14-6-4-13(5-7-14)20(22,23)24/h4-9H,1-3H3. The van der Waals surface area contributed by atoms with Crippen LogP contribution in [0.4, 0.5) is 13.2 Å². The van der Waals surface area contributed by atoms with E-state index in [9.17, 15) is 18.0 Å². The van der Waals surface area contributed by atoms with E-state index in [1.54, 1.807) is 26.0 Å². The predicted molar refractivity (Wildman–Crippen MR) is 99.1 cm³/mol. The summed E-state index contributed by atoms with van der Waals surface area (Å²) in [6, 6.07) is 7.44. The summed E-state index contributed by atoms with van der Waals surface area (Å²) in [5.74, 6) is 0.144. The summed E-state index contributed by atoms with van der Waals surface area (Å²) in [7, 11) is 0. The maximum atomic E-state index is 12.7. The zero-order valence-electron chi connectivity index (χ0n) is 15.1. The summed E-state index contributed by atoms with van der Waals surface area (Å²) in [6.07, 6.45) is -4.43. The first-order valence-electron chi connectivity index (χ1n) is 8.21. The average molecular weight is 410 g/mol. The molecule has 0 aliphatic heterocycles. The number of hydrogen-bond acceptors (Lipinski definition) is 4. The fourth-order valence-electron chi connectivity index (χ4n) is 2.66. The number of aromatic nitrogens is 1. The van der Waals surface area contributed by atoms with Gasteiger partial charge < -0.3 is 9.47 Å². The lowest BCUT2D eigenvalue weighted by atomic mass is 10.1. The van der Waals surface area contributed by atoms with Crippen LogP contribution in [0.5, 0.6) is 17.2 Å². The van der Waals surface area contributed by atoms with E-state index in [4.69, 9.17) is 21.1 Å². The summed E-state index contributed by atoms with van der Waals surface area (Å²) in [5.41, 5.74) is 1.05. The van der Waals surface area contributed by atoms with Crippen LogP contribution in [-0.4, -0.2) is 11.0 Å². The second-order valence-corrected chi connectivity index (χ2v) is 6.52. The Balaban J connectivity index is 2.06. The van der Waals surface area contributed by atoms with E-state index in [2.05, 4.69) is 4.98 Å². The Labute approximate surface area is 163 Å². The van der Waals surface area contributed by atoms with E-state index in [1.807, 2.05) is 0 Å². The fourth-order valence-corrected chi connectivity index (χ4v) is 2.95. The third-order valence-corrected chi connectivity index (χ3v) is 4.51. The van der Waals surface area contributed by atoms with Crippen LogP contribution in [0.3, 0.4) is 0 Å². The van der Waals surface area contributed by atoms with Gasteiger partial charge in [-0.1, -0.05) is 11.6 Å². The Morgan fingerprint density at radius 1 is 1.07 bits per heavy atom. The molecule has 3 rings (SSSR count). The van der Waals surface area contributed by atoms with Crippen LogP contribution in [0.1, 0.15) is 23.7 Å². The normalized spacial score (nSPS) is 11.5. The third kappa shape index (κ3) is 3.89. The van der Waals surface area contributed by atoms with E-state index < -0.39 is 17.7 Å². The number of carbonyl (C=O) groups is 1. The molecule has 146 valence electrons. The van der Waals surface area contributed by atoms with E-state index in [1.165, 1.54) is 19.1 Å². The maximum Gasteiger partial charge on any atom is 0.416 e. The number of esters is 1. The molecule has 0 fully saturated rings. The molecule has 3 aromatic rings. The van der Waals surface area contributed by atoms with Crippen molar-refractivity contribution in [2.75, 3.05) is 0 Å². The van der Waals surface area contributed by atoms with E-state index >= 15 is 0 Å². The lowest BCUT2D eigenvalue weighted by Gasteiger charge is -2.15. The van der Waals surface area contributed by atoms with Crippen LogP contribution < -0.4 is 9.47 Å². The maximum absolute atomic E-state index is 12.7. The molecular weight excluding hydrogens is 395 g/mol. The van der Waals surface area contributed by atoms with Gasteiger partial charge >= 0.3 is 12.1 Å². The molecule has 0 saturated heterocycles. The number of aryl methyl sites for hydroxylation is 1. The van der Waals surface area contributed by atoms with Gasteiger partial charge in [0.05, 0.1) is 21.5 Å². The molecule has 0 atom stereocenters. The van der Waals surface area contributed by atoms with Gasteiger partial charge in [0, 0.05) is 18.2 Å². The third-order valence-electron chi connectivity index (χ3n) is 4.14.